The topological polar surface area (TPSA) is 66.4 Å². The van der Waals surface area contributed by atoms with Gasteiger partial charge in [0, 0.05) is 0 Å². The summed E-state index contributed by atoms with van der Waals surface area (Å²) in [5, 5.41) is 11.3. The molecule has 0 aromatic carbocycles. The van der Waals surface area contributed by atoms with Crippen molar-refractivity contribution < 1.29 is 14.7 Å². The minimum atomic E-state index is -0.919. The standard InChI is InChI=1S/C8H13NO3S/c1-13-4-6(10)9-7(8(11)12)5-2-3-5/h5,7H,2-4H2,1H3,(H,9,10)(H,11,12). The molecule has 0 heterocycles. The van der Waals surface area contributed by atoms with Crippen LogP contribution in [0.15, 0.2) is 0 Å². The summed E-state index contributed by atoms with van der Waals surface area (Å²) in [7, 11) is 0. The van der Waals surface area contributed by atoms with Gasteiger partial charge >= 0.3 is 5.97 Å². The average Bonchev–Trinajstić information content (AvgIpc) is 2.82. The molecule has 4 nitrogen and oxygen atoms in total. The first-order chi connectivity index (χ1) is 6.15. The molecular formula is C8H13NO3S. The van der Waals surface area contributed by atoms with E-state index in [1.54, 1.807) is 0 Å². The minimum Gasteiger partial charge on any atom is -0.480 e. The van der Waals surface area contributed by atoms with E-state index in [1.807, 2.05) is 6.26 Å². The fraction of sp³-hybridized carbons (Fsp3) is 0.750. The van der Waals surface area contributed by atoms with Crippen molar-refractivity contribution in [1.82, 2.24) is 5.32 Å². The van der Waals surface area contributed by atoms with Crippen LogP contribution in [0.25, 0.3) is 0 Å². The van der Waals surface area contributed by atoms with Crippen LogP contribution >= 0.6 is 11.8 Å². The molecule has 13 heavy (non-hydrogen) atoms. The van der Waals surface area contributed by atoms with Crippen molar-refractivity contribution >= 4 is 23.6 Å². The van der Waals surface area contributed by atoms with E-state index >= 15 is 0 Å². The summed E-state index contributed by atoms with van der Waals surface area (Å²) in [6.07, 6.45) is 3.64. The lowest BCUT2D eigenvalue weighted by Crippen LogP contribution is -2.43. The van der Waals surface area contributed by atoms with Gasteiger partial charge in [-0.2, -0.15) is 11.8 Å². The van der Waals surface area contributed by atoms with Crippen LogP contribution in [0.4, 0.5) is 0 Å². The highest BCUT2D eigenvalue weighted by Crippen LogP contribution is 2.32. The number of nitrogens with one attached hydrogen (secondary N) is 1. The van der Waals surface area contributed by atoms with E-state index in [1.165, 1.54) is 11.8 Å². The second-order valence-electron chi connectivity index (χ2n) is 3.15. The molecule has 1 saturated carbocycles. The van der Waals surface area contributed by atoms with Gasteiger partial charge in [-0.15, -0.1) is 0 Å². The normalized spacial score (nSPS) is 17.9. The van der Waals surface area contributed by atoms with Crippen molar-refractivity contribution in [3.05, 3.63) is 0 Å². The van der Waals surface area contributed by atoms with Crippen LogP contribution in [-0.4, -0.2) is 35.0 Å². The average molecular weight is 203 g/mol. The molecule has 0 aromatic heterocycles. The van der Waals surface area contributed by atoms with Gasteiger partial charge in [-0.25, -0.2) is 4.79 Å². The Kier molecular flexibility index (Phi) is 3.59. The highest BCUT2D eigenvalue weighted by Gasteiger charge is 2.36. The summed E-state index contributed by atoms with van der Waals surface area (Å²) in [5.74, 6) is -0.622. The molecule has 0 saturated heterocycles. The van der Waals surface area contributed by atoms with Crippen LogP contribution in [0.1, 0.15) is 12.8 Å². The number of amides is 1. The molecule has 0 spiro atoms. The largest absolute Gasteiger partial charge is 0.480 e. The smallest absolute Gasteiger partial charge is 0.326 e. The first-order valence-corrected chi connectivity index (χ1v) is 5.55. The van der Waals surface area contributed by atoms with Gasteiger partial charge < -0.3 is 10.4 Å². The fourth-order valence-electron chi connectivity index (χ4n) is 1.16. The Hall–Kier alpha value is -0.710. The molecule has 1 amide bonds. The van der Waals surface area contributed by atoms with Gasteiger partial charge in [-0.3, -0.25) is 4.79 Å². The number of rotatable bonds is 5. The van der Waals surface area contributed by atoms with Gasteiger partial charge in [0.25, 0.3) is 0 Å². The minimum absolute atomic E-state index is 0.156. The lowest BCUT2D eigenvalue weighted by molar-refractivity contribution is -0.142. The summed E-state index contributed by atoms with van der Waals surface area (Å²) in [5.41, 5.74) is 0. The third-order valence-electron chi connectivity index (χ3n) is 1.95. The number of hydrogen-bond donors (Lipinski definition) is 2. The number of carbonyl (C=O) groups is 2. The van der Waals surface area contributed by atoms with Crippen molar-refractivity contribution in [2.24, 2.45) is 5.92 Å². The predicted molar refractivity (Wildman–Crippen MR) is 50.7 cm³/mol. The second kappa shape index (κ2) is 4.50. The molecule has 1 rings (SSSR count). The molecule has 0 bridgehead atoms. The van der Waals surface area contributed by atoms with E-state index < -0.39 is 12.0 Å². The van der Waals surface area contributed by atoms with Crippen LogP contribution in [0.5, 0.6) is 0 Å². The Morgan fingerprint density at radius 3 is 2.62 bits per heavy atom. The maximum Gasteiger partial charge on any atom is 0.326 e. The van der Waals surface area contributed by atoms with Gasteiger partial charge in [-0.05, 0) is 25.0 Å². The molecule has 1 aliphatic rings. The third kappa shape index (κ3) is 3.26. The number of carbonyl (C=O) groups excluding carboxylic acids is 1. The zero-order chi connectivity index (χ0) is 9.84. The molecule has 0 radical (unpaired) electrons. The van der Waals surface area contributed by atoms with Crippen molar-refractivity contribution in [1.29, 1.82) is 0 Å². The van der Waals surface area contributed by atoms with E-state index in [4.69, 9.17) is 5.11 Å². The molecule has 1 fully saturated rings. The number of thioether (sulfide) groups is 1. The maximum atomic E-state index is 11.1. The third-order valence-corrected chi connectivity index (χ3v) is 2.50. The summed E-state index contributed by atoms with van der Waals surface area (Å²) < 4.78 is 0. The zero-order valence-corrected chi connectivity index (χ0v) is 8.26. The molecule has 1 aliphatic carbocycles. The molecule has 0 aromatic rings. The quantitative estimate of drug-likeness (QED) is 0.675. The van der Waals surface area contributed by atoms with Crippen LogP contribution in [0.3, 0.4) is 0 Å². The summed E-state index contributed by atoms with van der Waals surface area (Å²) in [4.78, 5) is 21.8. The Labute approximate surface area is 81.1 Å². The number of aliphatic carboxylic acids is 1. The van der Waals surface area contributed by atoms with Crippen LogP contribution < -0.4 is 5.32 Å². The van der Waals surface area contributed by atoms with E-state index in [0.717, 1.165) is 12.8 Å². The van der Waals surface area contributed by atoms with E-state index in [-0.39, 0.29) is 11.8 Å². The van der Waals surface area contributed by atoms with Crippen LogP contribution in [-0.2, 0) is 9.59 Å². The van der Waals surface area contributed by atoms with Crippen molar-refractivity contribution in [2.45, 2.75) is 18.9 Å². The molecule has 1 atom stereocenters. The molecular weight excluding hydrogens is 190 g/mol. The SMILES string of the molecule is CSCC(=O)NC(C(=O)O)C1CC1. The summed E-state index contributed by atoms with van der Waals surface area (Å²) in [6.45, 7) is 0. The molecule has 74 valence electrons. The van der Waals surface area contributed by atoms with Gasteiger partial charge in [0.05, 0.1) is 5.75 Å². The summed E-state index contributed by atoms with van der Waals surface area (Å²) >= 11 is 1.39. The number of carboxylic acids is 1. The molecule has 5 heteroatoms. The van der Waals surface area contributed by atoms with E-state index in [2.05, 4.69) is 5.32 Å². The van der Waals surface area contributed by atoms with Crippen molar-refractivity contribution in [3.63, 3.8) is 0 Å². The Morgan fingerprint density at radius 1 is 1.62 bits per heavy atom. The van der Waals surface area contributed by atoms with E-state index in [9.17, 15) is 9.59 Å². The Morgan fingerprint density at radius 2 is 2.23 bits per heavy atom. The van der Waals surface area contributed by atoms with Gasteiger partial charge in [0.2, 0.25) is 5.91 Å². The second-order valence-corrected chi connectivity index (χ2v) is 4.02. The van der Waals surface area contributed by atoms with Crippen molar-refractivity contribution in [3.8, 4) is 0 Å². The fourth-order valence-corrected chi connectivity index (χ4v) is 1.50. The first-order valence-electron chi connectivity index (χ1n) is 4.16. The van der Waals surface area contributed by atoms with Crippen LogP contribution in [0, 0.1) is 5.92 Å². The van der Waals surface area contributed by atoms with E-state index in [0.29, 0.717) is 5.75 Å². The zero-order valence-electron chi connectivity index (χ0n) is 7.45. The van der Waals surface area contributed by atoms with Gasteiger partial charge in [-0.1, -0.05) is 0 Å². The Balaban J connectivity index is 2.37. The number of hydrogen-bond acceptors (Lipinski definition) is 3. The monoisotopic (exact) mass is 203 g/mol. The van der Waals surface area contributed by atoms with Crippen molar-refractivity contribution in [2.75, 3.05) is 12.0 Å². The lowest BCUT2D eigenvalue weighted by Gasteiger charge is -2.12. The maximum absolute atomic E-state index is 11.1. The highest BCUT2D eigenvalue weighted by atomic mass is 32.2. The molecule has 0 aliphatic heterocycles. The highest BCUT2D eigenvalue weighted by molar-refractivity contribution is 7.99. The van der Waals surface area contributed by atoms with Crippen LogP contribution in [0.2, 0.25) is 0 Å². The molecule has 2 N–H and O–H groups in total. The van der Waals surface area contributed by atoms with Gasteiger partial charge in [0.1, 0.15) is 6.04 Å². The van der Waals surface area contributed by atoms with Gasteiger partial charge in [0.15, 0.2) is 0 Å². The predicted octanol–water partition coefficient (Wildman–Crippen LogP) is 0.329. The Bertz CT molecular complexity index is 215. The summed E-state index contributed by atoms with van der Waals surface area (Å²) in [6, 6.07) is -0.667. The molecule has 1 unspecified atom stereocenters. The lowest BCUT2D eigenvalue weighted by atomic mass is 10.2. The first kappa shape index (κ1) is 10.4. The number of carboxylic acid groups (broad SMARTS) is 1.